The number of H-pyrrole nitrogens is 2. The van der Waals surface area contributed by atoms with Gasteiger partial charge < -0.3 is 9.97 Å². The van der Waals surface area contributed by atoms with Gasteiger partial charge in [-0.15, -0.1) is 5.10 Å². The highest BCUT2D eigenvalue weighted by Gasteiger charge is 2.13. The molecule has 32 heavy (non-hydrogen) atoms. The summed E-state index contributed by atoms with van der Waals surface area (Å²) in [4.78, 5) is 21.2. The van der Waals surface area contributed by atoms with Crippen molar-refractivity contribution in [2.24, 2.45) is 0 Å². The van der Waals surface area contributed by atoms with Gasteiger partial charge in [-0.1, -0.05) is 11.3 Å². The minimum atomic E-state index is -0.373. The Balaban J connectivity index is 1.42. The molecule has 0 unspecified atom stereocenters. The zero-order chi connectivity index (χ0) is 21.7. The zero-order valence-electron chi connectivity index (χ0n) is 16.5. The Hall–Kier alpha value is -4.60. The lowest BCUT2D eigenvalue weighted by atomic mass is 10.1. The lowest BCUT2D eigenvalue weighted by Crippen LogP contribution is -2.05. The molecule has 0 spiro atoms. The van der Waals surface area contributed by atoms with E-state index in [0.717, 1.165) is 33.5 Å². The number of nitrogens with zero attached hydrogens (tertiary/aromatic N) is 6. The number of pyridine rings is 1. The molecule has 0 atom stereocenters. The van der Waals surface area contributed by atoms with Crippen molar-refractivity contribution in [2.75, 3.05) is 0 Å². The first-order chi connectivity index (χ1) is 15.6. The number of rotatable bonds is 4. The van der Waals surface area contributed by atoms with Gasteiger partial charge in [0.2, 0.25) is 0 Å². The first-order valence-corrected chi connectivity index (χ1v) is 9.84. The fourth-order valence-electron chi connectivity index (χ4n) is 3.78. The summed E-state index contributed by atoms with van der Waals surface area (Å²) in [5.74, 6) is -0.373. The van der Waals surface area contributed by atoms with E-state index in [0.29, 0.717) is 17.8 Å². The van der Waals surface area contributed by atoms with Crippen LogP contribution in [0, 0.1) is 5.82 Å². The fraction of sp³-hybridized carbons (Fsp3) is 0.0455. The summed E-state index contributed by atoms with van der Waals surface area (Å²) in [6.45, 7) is 0.412. The summed E-state index contributed by atoms with van der Waals surface area (Å²) in [5, 5.41) is 13.0. The van der Waals surface area contributed by atoms with E-state index in [1.807, 2.05) is 47.1 Å². The molecular weight excluding hydrogens is 411 g/mol. The molecule has 0 bridgehead atoms. The van der Waals surface area contributed by atoms with Gasteiger partial charge in [-0.2, -0.15) is 5.10 Å². The van der Waals surface area contributed by atoms with Crippen molar-refractivity contribution in [3.8, 4) is 16.9 Å². The monoisotopic (exact) mass is 426 g/mol. The third-order valence-corrected chi connectivity index (χ3v) is 5.30. The van der Waals surface area contributed by atoms with Crippen LogP contribution in [0.4, 0.5) is 4.39 Å². The largest absolute Gasteiger partial charge is 0.323 e. The van der Waals surface area contributed by atoms with Crippen LogP contribution in [0.2, 0.25) is 0 Å². The van der Waals surface area contributed by atoms with Gasteiger partial charge in [0.15, 0.2) is 0 Å². The predicted octanol–water partition coefficient (Wildman–Crippen LogP) is 3.04. The maximum absolute atomic E-state index is 13.2. The summed E-state index contributed by atoms with van der Waals surface area (Å²) < 4.78 is 16.7. The van der Waals surface area contributed by atoms with Gasteiger partial charge in [-0.3, -0.25) is 9.67 Å². The molecule has 4 aromatic heterocycles. The normalized spacial score (nSPS) is 11.5. The zero-order valence-corrected chi connectivity index (χ0v) is 16.5. The maximum atomic E-state index is 13.2. The van der Waals surface area contributed by atoms with E-state index >= 15 is 0 Å². The highest BCUT2D eigenvalue weighted by atomic mass is 19.1. The molecule has 6 aromatic rings. The van der Waals surface area contributed by atoms with Gasteiger partial charge in [-0.25, -0.2) is 13.9 Å². The lowest BCUT2D eigenvalue weighted by Gasteiger charge is -2.08. The standard InChI is InChI=1S/C22H15FN8O/c23-14-2-3-15(24-11-14)12-30-20(7-8-25-30)13-1-5-18-21(9-13)31(29-28-18)16-4-6-17-19(10-16)27-22(32)26-17/h1-11H,12H2,(H2,26,27,32). The molecule has 0 aliphatic heterocycles. The van der Waals surface area contributed by atoms with Gasteiger partial charge in [0, 0.05) is 11.8 Å². The van der Waals surface area contributed by atoms with Crippen molar-refractivity contribution in [2.45, 2.75) is 6.54 Å². The van der Waals surface area contributed by atoms with Gasteiger partial charge in [0.05, 0.1) is 46.4 Å². The summed E-state index contributed by atoms with van der Waals surface area (Å²) in [6.07, 6.45) is 2.91. The third kappa shape index (κ3) is 3.05. The fourth-order valence-corrected chi connectivity index (χ4v) is 3.78. The molecule has 0 fully saturated rings. The Bertz CT molecular complexity index is 1640. The topological polar surface area (TPSA) is 110 Å². The quantitative estimate of drug-likeness (QED) is 0.450. The molecule has 4 heterocycles. The Kier molecular flexibility index (Phi) is 3.97. The van der Waals surface area contributed by atoms with E-state index in [9.17, 15) is 9.18 Å². The Morgan fingerprint density at radius 1 is 0.969 bits per heavy atom. The average molecular weight is 426 g/mol. The molecule has 6 rings (SSSR count). The number of nitrogens with one attached hydrogen (secondary N) is 2. The smallest absolute Gasteiger partial charge is 0.306 e. The van der Waals surface area contributed by atoms with Gasteiger partial charge in [0.25, 0.3) is 0 Å². The average Bonchev–Trinajstić information content (AvgIpc) is 3.51. The number of halogens is 1. The van der Waals surface area contributed by atoms with Crippen LogP contribution in [0.15, 0.2) is 71.8 Å². The molecule has 9 nitrogen and oxygen atoms in total. The van der Waals surface area contributed by atoms with Crippen LogP contribution in [0.25, 0.3) is 39.0 Å². The van der Waals surface area contributed by atoms with E-state index in [4.69, 9.17) is 0 Å². The van der Waals surface area contributed by atoms with E-state index in [1.165, 1.54) is 12.3 Å². The molecule has 0 saturated carbocycles. The molecule has 0 aliphatic carbocycles. The van der Waals surface area contributed by atoms with Crippen LogP contribution in [0.3, 0.4) is 0 Å². The van der Waals surface area contributed by atoms with Crippen molar-refractivity contribution < 1.29 is 4.39 Å². The van der Waals surface area contributed by atoms with Crippen LogP contribution in [0.5, 0.6) is 0 Å². The number of hydrogen-bond donors (Lipinski definition) is 2. The van der Waals surface area contributed by atoms with Crippen molar-refractivity contribution in [3.63, 3.8) is 0 Å². The minimum absolute atomic E-state index is 0.258. The molecule has 2 aromatic carbocycles. The minimum Gasteiger partial charge on any atom is -0.306 e. The molecule has 0 amide bonds. The Labute approximate surface area is 179 Å². The van der Waals surface area contributed by atoms with Crippen molar-refractivity contribution >= 4 is 22.1 Å². The second-order valence-electron chi connectivity index (χ2n) is 7.36. The Morgan fingerprint density at radius 2 is 1.88 bits per heavy atom. The van der Waals surface area contributed by atoms with E-state index in [1.54, 1.807) is 16.9 Å². The molecule has 0 saturated heterocycles. The van der Waals surface area contributed by atoms with Crippen molar-refractivity contribution in [1.82, 2.24) is 39.7 Å². The molecule has 10 heteroatoms. The molecule has 2 N–H and O–H groups in total. The van der Waals surface area contributed by atoms with Crippen LogP contribution < -0.4 is 5.69 Å². The third-order valence-electron chi connectivity index (χ3n) is 5.30. The second kappa shape index (κ2) is 6.98. The van der Waals surface area contributed by atoms with Gasteiger partial charge in [0.1, 0.15) is 11.3 Å². The molecular formula is C22H15FN8O. The molecule has 0 radical (unpaired) electrons. The van der Waals surface area contributed by atoms with Crippen LogP contribution in [-0.2, 0) is 6.54 Å². The number of hydrogen-bond acceptors (Lipinski definition) is 5. The first-order valence-electron chi connectivity index (χ1n) is 9.84. The van der Waals surface area contributed by atoms with E-state index < -0.39 is 0 Å². The summed E-state index contributed by atoms with van der Waals surface area (Å²) in [7, 11) is 0. The highest BCUT2D eigenvalue weighted by Crippen LogP contribution is 2.26. The molecule has 156 valence electrons. The predicted molar refractivity (Wildman–Crippen MR) is 116 cm³/mol. The first kappa shape index (κ1) is 18.2. The summed E-state index contributed by atoms with van der Waals surface area (Å²) in [5.41, 5.74) is 6.00. The van der Waals surface area contributed by atoms with Crippen molar-refractivity contribution in [1.29, 1.82) is 0 Å². The summed E-state index contributed by atoms with van der Waals surface area (Å²) >= 11 is 0. The van der Waals surface area contributed by atoms with Crippen molar-refractivity contribution in [3.05, 3.63) is 89.0 Å². The number of imidazole rings is 1. The number of aromatic amines is 2. The second-order valence-corrected chi connectivity index (χ2v) is 7.36. The van der Waals surface area contributed by atoms with Crippen LogP contribution in [0.1, 0.15) is 5.69 Å². The Morgan fingerprint density at radius 3 is 2.75 bits per heavy atom. The SMILES string of the molecule is O=c1[nH]c2ccc(-n3nnc4ccc(-c5ccnn5Cc5ccc(F)cn5)cc43)cc2[nH]1. The van der Waals surface area contributed by atoms with Gasteiger partial charge in [-0.05, 0) is 48.5 Å². The highest BCUT2D eigenvalue weighted by molar-refractivity contribution is 5.83. The lowest BCUT2D eigenvalue weighted by molar-refractivity contribution is 0.613. The number of aromatic nitrogens is 8. The van der Waals surface area contributed by atoms with Gasteiger partial charge >= 0.3 is 5.69 Å². The maximum Gasteiger partial charge on any atom is 0.323 e. The van der Waals surface area contributed by atoms with E-state index in [2.05, 4.69) is 30.4 Å². The van der Waals surface area contributed by atoms with E-state index in [-0.39, 0.29) is 11.5 Å². The number of benzene rings is 2. The summed E-state index contributed by atoms with van der Waals surface area (Å²) in [6, 6.07) is 16.3. The van der Waals surface area contributed by atoms with Crippen LogP contribution in [-0.4, -0.2) is 39.7 Å². The van der Waals surface area contributed by atoms with Crippen LogP contribution >= 0.6 is 0 Å². The number of fused-ring (bicyclic) bond motifs is 2. The molecule has 0 aliphatic rings.